The summed E-state index contributed by atoms with van der Waals surface area (Å²) in [6.45, 7) is 8.18. The molecule has 70 valence electrons. The highest BCUT2D eigenvalue weighted by Crippen LogP contribution is 2.23. The van der Waals surface area contributed by atoms with Gasteiger partial charge < -0.3 is 0 Å². The van der Waals surface area contributed by atoms with Gasteiger partial charge in [0.1, 0.15) is 0 Å². The van der Waals surface area contributed by atoms with Gasteiger partial charge in [-0.25, -0.2) is 0 Å². The minimum absolute atomic E-state index is 1.13. The van der Waals surface area contributed by atoms with Gasteiger partial charge in [-0.15, -0.1) is 0 Å². The van der Waals surface area contributed by atoms with Crippen molar-refractivity contribution in [1.29, 1.82) is 0 Å². The van der Waals surface area contributed by atoms with E-state index in [-0.39, 0.29) is 0 Å². The second-order valence-corrected chi connectivity index (χ2v) is 3.79. The summed E-state index contributed by atoms with van der Waals surface area (Å²) in [5, 5.41) is 2.59. The molecule has 14 heavy (non-hydrogen) atoms. The quantitative estimate of drug-likeness (QED) is 0.620. The van der Waals surface area contributed by atoms with Crippen LogP contribution in [0.15, 0.2) is 43.0 Å². The van der Waals surface area contributed by atoms with Crippen LogP contribution < -0.4 is 0 Å². The van der Waals surface area contributed by atoms with Crippen molar-refractivity contribution in [2.24, 2.45) is 0 Å². The molecule has 0 nitrogen and oxygen atoms in total. The molecule has 0 bridgehead atoms. The lowest BCUT2D eigenvalue weighted by Crippen LogP contribution is -1.85. The maximum Gasteiger partial charge on any atom is -0.0178 e. The zero-order valence-corrected chi connectivity index (χ0v) is 8.67. The van der Waals surface area contributed by atoms with Crippen molar-refractivity contribution in [2.45, 2.75) is 13.8 Å². The lowest BCUT2D eigenvalue weighted by molar-refractivity contribution is 1.44. The Labute approximate surface area is 84.9 Å². The molecule has 0 heteroatoms. The van der Waals surface area contributed by atoms with Crippen molar-refractivity contribution >= 4 is 16.3 Å². The Morgan fingerprint density at radius 2 is 1.64 bits per heavy atom. The number of fused-ring (bicyclic) bond motifs is 1. The number of allylic oxidation sites excluding steroid dienone is 1. The normalized spacial score (nSPS) is 10.4. The summed E-state index contributed by atoms with van der Waals surface area (Å²) in [6, 6.07) is 12.9. The van der Waals surface area contributed by atoms with Crippen molar-refractivity contribution in [3.05, 3.63) is 54.1 Å². The van der Waals surface area contributed by atoms with E-state index in [4.69, 9.17) is 0 Å². The average molecular weight is 182 g/mol. The highest BCUT2D eigenvalue weighted by molar-refractivity contribution is 5.87. The van der Waals surface area contributed by atoms with E-state index in [1.54, 1.807) is 0 Å². The molecule has 2 rings (SSSR count). The molecule has 0 atom stereocenters. The topological polar surface area (TPSA) is 0 Å². The van der Waals surface area contributed by atoms with Crippen LogP contribution in [0.2, 0.25) is 0 Å². The second kappa shape index (κ2) is 3.30. The van der Waals surface area contributed by atoms with E-state index in [1.165, 1.54) is 21.9 Å². The fraction of sp³-hybridized carbons (Fsp3) is 0.143. The third kappa shape index (κ3) is 1.44. The SMILES string of the molecule is C=C(C)c1cc2ccccc2cc1C. The first-order valence-corrected chi connectivity index (χ1v) is 4.84. The van der Waals surface area contributed by atoms with Crippen molar-refractivity contribution in [3.8, 4) is 0 Å². The number of benzene rings is 2. The zero-order valence-electron chi connectivity index (χ0n) is 8.67. The summed E-state index contributed by atoms with van der Waals surface area (Å²) in [5.74, 6) is 0. The Kier molecular flexibility index (Phi) is 2.12. The van der Waals surface area contributed by atoms with Gasteiger partial charge in [-0.2, -0.15) is 0 Å². The van der Waals surface area contributed by atoms with Gasteiger partial charge in [0, 0.05) is 0 Å². The van der Waals surface area contributed by atoms with Crippen LogP contribution in [0.25, 0.3) is 16.3 Å². The van der Waals surface area contributed by atoms with E-state index in [2.05, 4.69) is 56.8 Å². The van der Waals surface area contributed by atoms with Crippen LogP contribution in [0.5, 0.6) is 0 Å². The summed E-state index contributed by atoms with van der Waals surface area (Å²) >= 11 is 0. The van der Waals surface area contributed by atoms with Crippen LogP contribution in [-0.4, -0.2) is 0 Å². The van der Waals surface area contributed by atoms with Gasteiger partial charge in [0.2, 0.25) is 0 Å². The average Bonchev–Trinajstić information content (AvgIpc) is 2.16. The maximum atomic E-state index is 3.99. The summed E-state index contributed by atoms with van der Waals surface area (Å²) in [7, 11) is 0. The van der Waals surface area contributed by atoms with Crippen LogP contribution in [-0.2, 0) is 0 Å². The first kappa shape index (κ1) is 9.01. The second-order valence-electron chi connectivity index (χ2n) is 3.79. The molecule has 0 heterocycles. The molecule has 0 amide bonds. The molecule has 0 radical (unpaired) electrons. The number of aryl methyl sites for hydroxylation is 1. The molecule has 0 saturated heterocycles. The van der Waals surface area contributed by atoms with E-state index < -0.39 is 0 Å². The molecule has 2 aromatic carbocycles. The van der Waals surface area contributed by atoms with Gasteiger partial charge in [0.25, 0.3) is 0 Å². The molecule has 0 aliphatic rings. The van der Waals surface area contributed by atoms with Crippen LogP contribution in [0.4, 0.5) is 0 Å². The van der Waals surface area contributed by atoms with Crippen molar-refractivity contribution in [3.63, 3.8) is 0 Å². The number of rotatable bonds is 1. The molecular weight excluding hydrogens is 168 g/mol. The number of hydrogen-bond acceptors (Lipinski definition) is 0. The van der Waals surface area contributed by atoms with Crippen molar-refractivity contribution in [2.75, 3.05) is 0 Å². The van der Waals surface area contributed by atoms with Crippen molar-refractivity contribution < 1.29 is 0 Å². The summed E-state index contributed by atoms with van der Waals surface area (Å²) in [5.41, 5.74) is 3.70. The molecular formula is C14H14. The molecule has 0 aliphatic heterocycles. The van der Waals surface area contributed by atoms with E-state index >= 15 is 0 Å². The summed E-state index contributed by atoms with van der Waals surface area (Å²) in [6.07, 6.45) is 0. The Morgan fingerprint density at radius 3 is 2.21 bits per heavy atom. The first-order valence-electron chi connectivity index (χ1n) is 4.84. The highest BCUT2D eigenvalue weighted by atomic mass is 14.1. The van der Waals surface area contributed by atoms with E-state index in [0.29, 0.717) is 0 Å². The van der Waals surface area contributed by atoms with Gasteiger partial charge in [-0.3, -0.25) is 0 Å². The Bertz CT molecular complexity index is 492. The van der Waals surface area contributed by atoms with Gasteiger partial charge in [0.15, 0.2) is 0 Å². The third-order valence-corrected chi connectivity index (χ3v) is 2.55. The molecule has 0 N–H and O–H groups in total. The number of hydrogen-bond donors (Lipinski definition) is 0. The Morgan fingerprint density at radius 1 is 1.07 bits per heavy atom. The van der Waals surface area contributed by atoms with Gasteiger partial charge in [-0.1, -0.05) is 42.5 Å². The highest BCUT2D eigenvalue weighted by Gasteiger charge is 2.00. The van der Waals surface area contributed by atoms with Gasteiger partial charge in [-0.05, 0) is 41.8 Å². The molecule has 0 unspecified atom stereocenters. The third-order valence-electron chi connectivity index (χ3n) is 2.55. The van der Waals surface area contributed by atoms with Crippen LogP contribution in [0.1, 0.15) is 18.1 Å². The van der Waals surface area contributed by atoms with E-state index in [1.807, 2.05) is 0 Å². The lowest BCUT2D eigenvalue weighted by Gasteiger charge is -2.07. The molecule has 0 aromatic heterocycles. The summed E-state index contributed by atoms with van der Waals surface area (Å²) in [4.78, 5) is 0. The standard InChI is InChI=1S/C14H14/c1-10(2)14-9-13-7-5-4-6-12(13)8-11(14)3/h4-9H,1H2,2-3H3. The Hall–Kier alpha value is -1.56. The zero-order chi connectivity index (χ0) is 10.1. The minimum Gasteiger partial charge on any atom is -0.0955 e. The monoisotopic (exact) mass is 182 g/mol. The van der Waals surface area contributed by atoms with Gasteiger partial charge >= 0.3 is 0 Å². The van der Waals surface area contributed by atoms with Crippen LogP contribution >= 0.6 is 0 Å². The predicted molar refractivity (Wildman–Crippen MR) is 63.4 cm³/mol. The lowest BCUT2D eigenvalue weighted by atomic mass is 9.98. The molecule has 0 fully saturated rings. The largest absolute Gasteiger partial charge is 0.0955 e. The molecule has 2 aromatic rings. The molecule has 0 aliphatic carbocycles. The maximum absolute atomic E-state index is 3.99. The van der Waals surface area contributed by atoms with Gasteiger partial charge in [0.05, 0.1) is 0 Å². The van der Waals surface area contributed by atoms with E-state index in [0.717, 1.165) is 5.57 Å². The first-order chi connectivity index (χ1) is 6.68. The molecule has 0 spiro atoms. The smallest absolute Gasteiger partial charge is 0.0178 e. The molecule has 0 saturated carbocycles. The minimum atomic E-state index is 1.13. The van der Waals surface area contributed by atoms with Crippen LogP contribution in [0.3, 0.4) is 0 Å². The van der Waals surface area contributed by atoms with E-state index in [9.17, 15) is 0 Å². The summed E-state index contributed by atoms with van der Waals surface area (Å²) < 4.78 is 0. The van der Waals surface area contributed by atoms with Crippen molar-refractivity contribution in [1.82, 2.24) is 0 Å². The predicted octanol–water partition coefficient (Wildman–Crippen LogP) is 4.18. The fourth-order valence-corrected chi connectivity index (χ4v) is 1.81. The fourth-order valence-electron chi connectivity index (χ4n) is 1.81. The van der Waals surface area contributed by atoms with Crippen LogP contribution in [0, 0.1) is 6.92 Å². The Balaban J connectivity index is 2.77.